The molecule has 1 atom stereocenters. The fourth-order valence-corrected chi connectivity index (χ4v) is 2.81. The van der Waals surface area contributed by atoms with E-state index in [4.69, 9.17) is 14.9 Å². The molecule has 1 aromatic carbocycles. The Morgan fingerprint density at radius 1 is 1.40 bits per heavy atom. The lowest BCUT2D eigenvalue weighted by Crippen LogP contribution is -2.55. The van der Waals surface area contributed by atoms with E-state index in [2.05, 4.69) is 0 Å². The van der Waals surface area contributed by atoms with Gasteiger partial charge in [0.15, 0.2) is 0 Å². The topological polar surface area (TPSA) is 70.0 Å². The molecule has 0 radical (unpaired) electrons. The number of carbonyl (C=O) groups is 1. The van der Waals surface area contributed by atoms with Gasteiger partial charge in [0.1, 0.15) is 17.7 Å². The maximum Gasteiger partial charge on any atom is 0.407 e. The molecule has 6 heteroatoms. The van der Waals surface area contributed by atoms with Crippen molar-refractivity contribution in [2.75, 3.05) is 19.7 Å². The lowest BCUT2D eigenvalue weighted by atomic mass is 10.1. The summed E-state index contributed by atoms with van der Waals surface area (Å²) in [6, 6.07) is 3.15. The number of halogens is 1. The molecular formula is C14H16FNO4. The maximum atomic E-state index is 14.0. The Bertz CT molecular complexity index is 542. The Labute approximate surface area is 115 Å². The predicted molar refractivity (Wildman–Crippen MR) is 68.4 cm³/mol. The second-order valence-electron chi connectivity index (χ2n) is 5.43. The molecule has 1 amide bonds. The third-order valence-electron chi connectivity index (χ3n) is 3.94. The maximum absolute atomic E-state index is 14.0. The Morgan fingerprint density at radius 3 is 2.80 bits per heavy atom. The minimum atomic E-state index is -0.962. The normalized spacial score (nSPS) is 21.5. The predicted octanol–water partition coefficient (Wildman–Crippen LogP) is 1.27. The van der Waals surface area contributed by atoms with Crippen molar-refractivity contribution in [3.05, 3.63) is 29.1 Å². The number of carboxylic acid groups (broad SMARTS) is 1. The summed E-state index contributed by atoms with van der Waals surface area (Å²) in [5.74, 6) is 0.221. The van der Waals surface area contributed by atoms with Crippen LogP contribution in [-0.4, -0.2) is 47.0 Å². The Balaban J connectivity index is 1.68. The first kappa shape index (κ1) is 13.2. The summed E-state index contributed by atoms with van der Waals surface area (Å²) >= 11 is 0. The minimum Gasteiger partial charge on any atom is -0.487 e. The van der Waals surface area contributed by atoms with Gasteiger partial charge in [-0.05, 0) is 36.0 Å². The van der Waals surface area contributed by atoms with Crippen molar-refractivity contribution in [3.8, 4) is 5.75 Å². The van der Waals surface area contributed by atoms with Gasteiger partial charge in [-0.2, -0.15) is 0 Å². The molecule has 3 rings (SSSR count). The van der Waals surface area contributed by atoms with Crippen molar-refractivity contribution in [3.63, 3.8) is 0 Å². The summed E-state index contributed by atoms with van der Waals surface area (Å²) in [5.41, 5.74) is 1.55. The molecule has 1 aliphatic carbocycles. The molecule has 0 spiro atoms. The molecule has 5 nitrogen and oxygen atoms in total. The van der Waals surface area contributed by atoms with Crippen LogP contribution in [-0.2, 0) is 12.8 Å². The Kier molecular flexibility index (Phi) is 3.25. The lowest BCUT2D eigenvalue weighted by Gasteiger charge is -2.36. The van der Waals surface area contributed by atoms with E-state index in [0.29, 0.717) is 37.2 Å². The number of rotatable bonds is 3. The SMILES string of the molecule is O=C(O)N1CC(Oc2cc(F)c3c(c2)CC(CO)C3)C1. The highest BCUT2D eigenvalue weighted by molar-refractivity contribution is 5.66. The average Bonchev–Trinajstić information content (AvgIpc) is 2.76. The standard InChI is InChI=1S/C14H16FNO4/c15-13-4-10(20-11-5-16(6-11)14(18)19)3-9-1-8(7-17)2-12(9)13/h3-4,8,11,17H,1-2,5-7H2,(H,18,19). The molecule has 0 bridgehead atoms. The molecule has 2 aliphatic rings. The first-order valence-corrected chi connectivity index (χ1v) is 6.63. The number of ether oxygens (including phenoxy) is 1. The largest absolute Gasteiger partial charge is 0.487 e. The molecule has 1 fully saturated rings. The fraction of sp³-hybridized carbons (Fsp3) is 0.500. The number of nitrogens with zero attached hydrogens (tertiary/aromatic N) is 1. The highest BCUT2D eigenvalue weighted by atomic mass is 19.1. The molecule has 1 aromatic rings. The van der Waals surface area contributed by atoms with Crippen LogP contribution in [0.3, 0.4) is 0 Å². The van der Waals surface area contributed by atoms with E-state index >= 15 is 0 Å². The first-order valence-electron chi connectivity index (χ1n) is 6.63. The summed E-state index contributed by atoms with van der Waals surface area (Å²) < 4.78 is 19.6. The second-order valence-corrected chi connectivity index (χ2v) is 5.43. The molecule has 108 valence electrons. The zero-order valence-corrected chi connectivity index (χ0v) is 10.9. The monoisotopic (exact) mass is 281 g/mol. The molecule has 20 heavy (non-hydrogen) atoms. The van der Waals surface area contributed by atoms with Crippen LogP contribution in [0.2, 0.25) is 0 Å². The van der Waals surface area contributed by atoms with Crippen LogP contribution in [0, 0.1) is 11.7 Å². The summed E-state index contributed by atoms with van der Waals surface area (Å²) in [5, 5.41) is 17.9. The zero-order chi connectivity index (χ0) is 14.3. The number of amides is 1. The van der Waals surface area contributed by atoms with Crippen LogP contribution in [0.5, 0.6) is 5.75 Å². The van der Waals surface area contributed by atoms with Crippen LogP contribution in [0.1, 0.15) is 11.1 Å². The number of aliphatic hydroxyl groups excluding tert-OH is 1. The summed E-state index contributed by atoms with van der Waals surface area (Å²) in [4.78, 5) is 11.9. The van der Waals surface area contributed by atoms with E-state index in [1.165, 1.54) is 11.0 Å². The molecule has 1 saturated heterocycles. The van der Waals surface area contributed by atoms with Crippen molar-refractivity contribution in [1.82, 2.24) is 4.90 Å². The van der Waals surface area contributed by atoms with Crippen LogP contribution >= 0.6 is 0 Å². The van der Waals surface area contributed by atoms with Crippen molar-refractivity contribution in [2.45, 2.75) is 18.9 Å². The molecule has 1 heterocycles. The van der Waals surface area contributed by atoms with Crippen molar-refractivity contribution >= 4 is 6.09 Å². The van der Waals surface area contributed by atoms with Crippen molar-refractivity contribution in [1.29, 1.82) is 0 Å². The second kappa shape index (κ2) is 4.94. The smallest absolute Gasteiger partial charge is 0.407 e. The average molecular weight is 281 g/mol. The third-order valence-corrected chi connectivity index (χ3v) is 3.94. The van der Waals surface area contributed by atoms with Gasteiger partial charge in [-0.15, -0.1) is 0 Å². The number of fused-ring (bicyclic) bond motifs is 1. The number of benzene rings is 1. The van der Waals surface area contributed by atoms with Gasteiger partial charge in [-0.1, -0.05) is 0 Å². The van der Waals surface area contributed by atoms with E-state index in [9.17, 15) is 9.18 Å². The van der Waals surface area contributed by atoms with Gasteiger partial charge in [0.05, 0.1) is 13.1 Å². The van der Waals surface area contributed by atoms with E-state index in [-0.39, 0.29) is 24.4 Å². The third kappa shape index (κ3) is 2.31. The zero-order valence-electron chi connectivity index (χ0n) is 10.9. The van der Waals surface area contributed by atoms with Crippen LogP contribution in [0.4, 0.5) is 9.18 Å². The highest BCUT2D eigenvalue weighted by Gasteiger charge is 2.33. The van der Waals surface area contributed by atoms with E-state index in [1.54, 1.807) is 6.07 Å². The van der Waals surface area contributed by atoms with Gasteiger partial charge >= 0.3 is 6.09 Å². The number of hydrogen-bond donors (Lipinski definition) is 2. The number of hydrogen-bond acceptors (Lipinski definition) is 3. The Morgan fingerprint density at radius 2 is 2.15 bits per heavy atom. The number of likely N-dealkylation sites (tertiary alicyclic amines) is 1. The van der Waals surface area contributed by atoms with Crippen LogP contribution in [0.15, 0.2) is 12.1 Å². The van der Waals surface area contributed by atoms with Gasteiger partial charge < -0.3 is 19.8 Å². The van der Waals surface area contributed by atoms with Gasteiger partial charge in [0.25, 0.3) is 0 Å². The Hall–Kier alpha value is -1.82. The molecule has 0 aromatic heterocycles. The van der Waals surface area contributed by atoms with E-state index in [0.717, 1.165) is 5.56 Å². The van der Waals surface area contributed by atoms with Crippen molar-refractivity contribution < 1.29 is 24.1 Å². The molecule has 1 unspecified atom stereocenters. The van der Waals surface area contributed by atoms with Crippen LogP contribution < -0.4 is 4.74 Å². The van der Waals surface area contributed by atoms with Gasteiger partial charge in [0, 0.05) is 12.7 Å². The number of aliphatic hydroxyl groups is 1. The summed E-state index contributed by atoms with van der Waals surface area (Å²) in [6.45, 7) is 0.682. The van der Waals surface area contributed by atoms with Crippen molar-refractivity contribution in [2.24, 2.45) is 5.92 Å². The molecule has 0 saturated carbocycles. The fourth-order valence-electron chi connectivity index (χ4n) is 2.81. The van der Waals surface area contributed by atoms with Gasteiger partial charge in [-0.25, -0.2) is 9.18 Å². The van der Waals surface area contributed by atoms with E-state index < -0.39 is 6.09 Å². The lowest BCUT2D eigenvalue weighted by molar-refractivity contribution is 0.0250. The highest BCUT2D eigenvalue weighted by Crippen LogP contribution is 2.33. The quantitative estimate of drug-likeness (QED) is 0.875. The molecular weight excluding hydrogens is 265 g/mol. The minimum absolute atomic E-state index is 0.0561. The van der Waals surface area contributed by atoms with Gasteiger partial charge in [-0.3, -0.25) is 0 Å². The molecule has 2 N–H and O–H groups in total. The first-order chi connectivity index (χ1) is 9.56. The van der Waals surface area contributed by atoms with Crippen LogP contribution in [0.25, 0.3) is 0 Å². The summed E-state index contributed by atoms with van der Waals surface area (Å²) in [7, 11) is 0. The van der Waals surface area contributed by atoms with Gasteiger partial charge in [0.2, 0.25) is 0 Å². The molecule has 1 aliphatic heterocycles. The van der Waals surface area contributed by atoms with E-state index in [1.807, 2.05) is 0 Å². The summed E-state index contributed by atoms with van der Waals surface area (Å²) in [6.07, 6.45) is 0.0504.